The molecule has 2 nitrogen and oxygen atoms in total. The summed E-state index contributed by atoms with van der Waals surface area (Å²) in [5.41, 5.74) is 0. The standard InChI is InChI=1S/C7H13NOS/c1-2-7(9)8-3-5-10-6-4-8/h2,7,9H,1,3-6H2. The first-order valence-corrected chi connectivity index (χ1v) is 4.62. The zero-order valence-electron chi connectivity index (χ0n) is 5.99. The number of thioether (sulfide) groups is 1. The summed E-state index contributed by atoms with van der Waals surface area (Å²) >= 11 is 1.94. The predicted molar refractivity (Wildman–Crippen MR) is 45.1 cm³/mol. The van der Waals surface area contributed by atoms with E-state index < -0.39 is 6.23 Å². The molecule has 0 aromatic rings. The zero-order chi connectivity index (χ0) is 7.40. The van der Waals surface area contributed by atoms with E-state index in [2.05, 4.69) is 6.58 Å². The van der Waals surface area contributed by atoms with Crippen LogP contribution in [0.3, 0.4) is 0 Å². The summed E-state index contributed by atoms with van der Waals surface area (Å²) in [6, 6.07) is 0. The van der Waals surface area contributed by atoms with Gasteiger partial charge < -0.3 is 5.11 Å². The second-order valence-electron chi connectivity index (χ2n) is 2.30. The summed E-state index contributed by atoms with van der Waals surface area (Å²) in [6.07, 6.45) is 1.15. The zero-order valence-corrected chi connectivity index (χ0v) is 6.81. The van der Waals surface area contributed by atoms with E-state index in [1.807, 2.05) is 16.7 Å². The molecule has 3 heteroatoms. The average molecular weight is 159 g/mol. The molecule has 10 heavy (non-hydrogen) atoms. The van der Waals surface area contributed by atoms with Gasteiger partial charge in [-0.05, 0) is 6.08 Å². The molecule has 1 unspecified atom stereocenters. The number of aliphatic hydroxyl groups is 1. The topological polar surface area (TPSA) is 23.5 Å². The largest absolute Gasteiger partial charge is 0.375 e. The van der Waals surface area contributed by atoms with Crippen molar-refractivity contribution in [3.63, 3.8) is 0 Å². The van der Waals surface area contributed by atoms with Crippen LogP contribution in [0.25, 0.3) is 0 Å². The second-order valence-corrected chi connectivity index (χ2v) is 3.52. The first-order chi connectivity index (χ1) is 4.84. The van der Waals surface area contributed by atoms with E-state index in [9.17, 15) is 5.11 Å². The molecule has 1 aliphatic heterocycles. The third kappa shape index (κ3) is 2.01. The maximum Gasteiger partial charge on any atom is 0.126 e. The maximum atomic E-state index is 9.28. The van der Waals surface area contributed by atoms with Crippen LogP contribution in [-0.4, -0.2) is 40.8 Å². The minimum absolute atomic E-state index is 0.430. The van der Waals surface area contributed by atoms with E-state index in [1.54, 1.807) is 6.08 Å². The van der Waals surface area contributed by atoms with Gasteiger partial charge in [-0.3, -0.25) is 4.90 Å². The Hall–Kier alpha value is 0.0100. The Labute approximate surface area is 65.9 Å². The Balaban J connectivity index is 2.30. The molecule has 0 aliphatic carbocycles. The molecule has 0 bridgehead atoms. The molecule has 0 amide bonds. The molecular formula is C7H13NOS. The van der Waals surface area contributed by atoms with Crippen LogP contribution in [-0.2, 0) is 0 Å². The normalized spacial score (nSPS) is 24.1. The van der Waals surface area contributed by atoms with E-state index in [0.29, 0.717) is 0 Å². The molecule has 58 valence electrons. The fraction of sp³-hybridized carbons (Fsp3) is 0.714. The number of nitrogens with zero attached hydrogens (tertiary/aromatic N) is 1. The number of rotatable bonds is 2. The average Bonchev–Trinajstić information content (AvgIpc) is 2.05. The van der Waals surface area contributed by atoms with Gasteiger partial charge in [-0.25, -0.2) is 0 Å². The number of aliphatic hydroxyl groups excluding tert-OH is 1. The molecule has 1 atom stereocenters. The quantitative estimate of drug-likeness (QED) is 0.595. The van der Waals surface area contributed by atoms with Crippen molar-refractivity contribution in [3.05, 3.63) is 12.7 Å². The highest BCUT2D eigenvalue weighted by molar-refractivity contribution is 7.99. The first-order valence-electron chi connectivity index (χ1n) is 3.47. The highest BCUT2D eigenvalue weighted by Crippen LogP contribution is 2.10. The maximum absolute atomic E-state index is 9.28. The molecular weight excluding hydrogens is 146 g/mol. The lowest BCUT2D eigenvalue weighted by molar-refractivity contribution is 0.0502. The molecule has 1 aliphatic rings. The Bertz CT molecular complexity index is 112. The van der Waals surface area contributed by atoms with Crippen molar-refractivity contribution in [1.82, 2.24) is 4.90 Å². The molecule has 1 heterocycles. The number of hydrogen-bond donors (Lipinski definition) is 1. The predicted octanol–water partition coefficient (Wildman–Crippen LogP) is 0.540. The van der Waals surface area contributed by atoms with Crippen LogP contribution in [0, 0.1) is 0 Å². The van der Waals surface area contributed by atoms with Crippen molar-refractivity contribution in [1.29, 1.82) is 0 Å². The van der Waals surface area contributed by atoms with Crippen LogP contribution >= 0.6 is 11.8 Å². The van der Waals surface area contributed by atoms with E-state index in [4.69, 9.17) is 0 Å². The van der Waals surface area contributed by atoms with Gasteiger partial charge in [0.1, 0.15) is 6.23 Å². The fourth-order valence-electron chi connectivity index (χ4n) is 0.991. The summed E-state index contributed by atoms with van der Waals surface area (Å²) in [4.78, 5) is 2.03. The van der Waals surface area contributed by atoms with Gasteiger partial charge in [-0.1, -0.05) is 6.58 Å². The van der Waals surface area contributed by atoms with Crippen LogP contribution in [0.2, 0.25) is 0 Å². The smallest absolute Gasteiger partial charge is 0.126 e. The van der Waals surface area contributed by atoms with E-state index in [0.717, 1.165) is 24.6 Å². The Morgan fingerprint density at radius 3 is 2.60 bits per heavy atom. The van der Waals surface area contributed by atoms with Crippen LogP contribution in [0.5, 0.6) is 0 Å². The van der Waals surface area contributed by atoms with E-state index in [1.165, 1.54) is 0 Å². The fourth-order valence-corrected chi connectivity index (χ4v) is 1.92. The summed E-state index contributed by atoms with van der Waals surface area (Å²) in [7, 11) is 0. The van der Waals surface area contributed by atoms with Crippen LogP contribution in [0.15, 0.2) is 12.7 Å². The first kappa shape index (κ1) is 8.11. The third-order valence-electron chi connectivity index (χ3n) is 1.63. The highest BCUT2D eigenvalue weighted by atomic mass is 32.2. The van der Waals surface area contributed by atoms with Gasteiger partial charge in [0.2, 0.25) is 0 Å². The van der Waals surface area contributed by atoms with Gasteiger partial charge in [0.15, 0.2) is 0 Å². The lowest BCUT2D eigenvalue weighted by Gasteiger charge is -2.28. The van der Waals surface area contributed by atoms with Gasteiger partial charge in [-0.15, -0.1) is 0 Å². The summed E-state index contributed by atoms with van der Waals surface area (Å²) in [5, 5.41) is 9.28. The molecule has 1 rings (SSSR count). The van der Waals surface area contributed by atoms with Gasteiger partial charge in [0.25, 0.3) is 0 Å². The van der Waals surface area contributed by atoms with Gasteiger partial charge in [0, 0.05) is 24.6 Å². The molecule has 0 spiro atoms. The Morgan fingerprint density at radius 2 is 2.10 bits per heavy atom. The molecule has 1 N–H and O–H groups in total. The van der Waals surface area contributed by atoms with Crippen molar-refractivity contribution in [2.75, 3.05) is 24.6 Å². The molecule has 0 aromatic heterocycles. The molecule has 0 radical (unpaired) electrons. The van der Waals surface area contributed by atoms with Crippen molar-refractivity contribution in [2.45, 2.75) is 6.23 Å². The lowest BCUT2D eigenvalue weighted by atomic mass is 10.4. The van der Waals surface area contributed by atoms with Crippen molar-refractivity contribution in [3.8, 4) is 0 Å². The summed E-state index contributed by atoms with van der Waals surface area (Å²) < 4.78 is 0. The minimum Gasteiger partial charge on any atom is -0.375 e. The van der Waals surface area contributed by atoms with Crippen molar-refractivity contribution >= 4 is 11.8 Å². The SMILES string of the molecule is C=CC(O)N1CCSCC1. The van der Waals surface area contributed by atoms with E-state index in [-0.39, 0.29) is 0 Å². The number of hydrogen-bond acceptors (Lipinski definition) is 3. The second kappa shape index (κ2) is 4.01. The summed E-state index contributed by atoms with van der Waals surface area (Å²) in [5.74, 6) is 2.26. The van der Waals surface area contributed by atoms with Crippen LogP contribution in [0.4, 0.5) is 0 Å². The minimum atomic E-state index is -0.430. The van der Waals surface area contributed by atoms with Gasteiger partial charge in [-0.2, -0.15) is 11.8 Å². The van der Waals surface area contributed by atoms with Crippen LogP contribution < -0.4 is 0 Å². The highest BCUT2D eigenvalue weighted by Gasteiger charge is 2.14. The van der Waals surface area contributed by atoms with Crippen LogP contribution in [0.1, 0.15) is 0 Å². The van der Waals surface area contributed by atoms with Gasteiger partial charge >= 0.3 is 0 Å². The Morgan fingerprint density at radius 1 is 1.50 bits per heavy atom. The van der Waals surface area contributed by atoms with Crippen molar-refractivity contribution < 1.29 is 5.11 Å². The third-order valence-corrected chi connectivity index (χ3v) is 2.57. The lowest BCUT2D eigenvalue weighted by Crippen LogP contribution is -2.39. The summed E-state index contributed by atoms with van der Waals surface area (Å²) in [6.45, 7) is 5.51. The molecule has 0 aromatic carbocycles. The molecule has 0 saturated carbocycles. The molecule has 1 saturated heterocycles. The van der Waals surface area contributed by atoms with Crippen molar-refractivity contribution in [2.24, 2.45) is 0 Å². The monoisotopic (exact) mass is 159 g/mol. The molecule has 1 fully saturated rings. The van der Waals surface area contributed by atoms with Gasteiger partial charge in [0.05, 0.1) is 0 Å². The Kier molecular flexibility index (Phi) is 3.25. The van der Waals surface area contributed by atoms with E-state index >= 15 is 0 Å².